The van der Waals surface area contributed by atoms with Gasteiger partial charge in [0.25, 0.3) is 0 Å². The summed E-state index contributed by atoms with van der Waals surface area (Å²) in [5.41, 5.74) is 5.44. The fourth-order valence-corrected chi connectivity index (χ4v) is 1.13. The topological polar surface area (TPSA) is 64.3 Å². The second-order valence-electron chi connectivity index (χ2n) is 4.07. The van der Waals surface area contributed by atoms with Gasteiger partial charge in [0.05, 0.1) is 6.61 Å². The molecule has 0 aromatic rings. The summed E-state index contributed by atoms with van der Waals surface area (Å²) < 4.78 is 39.5. The van der Waals surface area contributed by atoms with Crippen LogP contribution in [0.5, 0.6) is 0 Å². The first kappa shape index (κ1) is 16.2. The average Bonchev–Trinajstić information content (AvgIpc) is 2.19. The minimum atomic E-state index is -4.35. The van der Waals surface area contributed by atoms with Crippen LogP contribution in [0.25, 0.3) is 0 Å². The Labute approximate surface area is 98.7 Å². The van der Waals surface area contributed by atoms with Crippen LogP contribution in [0.15, 0.2) is 0 Å². The molecule has 0 fully saturated rings. The SMILES string of the molecule is CC(C)C(CN)NC(=O)CCOCC(F)(F)F. The number of carbonyl (C=O) groups excluding carboxylic acids is 1. The maximum Gasteiger partial charge on any atom is 0.411 e. The number of hydrogen-bond acceptors (Lipinski definition) is 3. The molecule has 0 bridgehead atoms. The van der Waals surface area contributed by atoms with Crippen molar-refractivity contribution in [3.63, 3.8) is 0 Å². The van der Waals surface area contributed by atoms with E-state index >= 15 is 0 Å². The zero-order valence-corrected chi connectivity index (χ0v) is 10.0. The third kappa shape index (κ3) is 8.93. The van der Waals surface area contributed by atoms with Gasteiger partial charge < -0.3 is 15.8 Å². The lowest BCUT2D eigenvalue weighted by Crippen LogP contribution is -2.43. The highest BCUT2D eigenvalue weighted by molar-refractivity contribution is 5.76. The van der Waals surface area contributed by atoms with Crippen molar-refractivity contribution >= 4 is 5.91 Å². The first-order chi connectivity index (χ1) is 7.76. The summed E-state index contributed by atoms with van der Waals surface area (Å²) in [5, 5.41) is 2.64. The molecule has 0 spiro atoms. The van der Waals surface area contributed by atoms with E-state index in [1.165, 1.54) is 0 Å². The molecule has 0 heterocycles. The van der Waals surface area contributed by atoms with E-state index < -0.39 is 12.8 Å². The van der Waals surface area contributed by atoms with Gasteiger partial charge in [0.2, 0.25) is 5.91 Å². The molecule has 1 unspecified atom stereocenters. The molecule has 0 saturated heterocycles. The molecule has 1 amide bonds. The second-order valence-corrected chi connectivity index (χ2v) is 4.07. The summed E-state index contributed by atoms with van der Waals surface area (Å²) in [4.78, 5) is 11.3. The van der Waals surface area contributed by atoms with Crippen LogP contribution in [0.2, 0.25) is 0 Å². The quantitative estimate of drug-likeness (QED) is 0.669. The number of carbonyl (C=O) groups is 1. The number of rotatable bonds is 7. The van der Waals surface area contributed by atoms with Crippen LogP contribution in [0, 0.1) is 5.92 Å². The van der Waals surface area contributed by atoms with E-state index in [1.54, 1.807) is 0 Å². The molecule has 102 valence electrons. The Hall–Kier alpha value is -0.820. The molecular weight excluding hydrogens is 237 g/mol. The number of amides is 1. The molecule has 7 heteroatoms. The Morgan fingerprint density at radius 2 is 2.00 bits per heavy atom. The van der Waals surface area contributed by atoms with Crippen LogP contribution >= 0.6 is 0 Å². The van der Waals surface area contributed by atoms with E-state index in [0.29, 0.717) is 6.54 Å². The maximum absolute atomic E-state index is 11.7. The Bertz CT molecular complexity index is 232. The molecule has 0 aromatic heterocycles. The highest BCUT2D eigenvalue weighted by atomic mass is 19.4. The minimum absolute atomic E-state index is 0.0979. The van der Waals surface area contributed by atoms with Gasteiger partial charge in [-0.25, -0.2) is 0 Å². The Balaban J connectivity index is 3.73. The lowest BCUT2D eigenvalue weighted by Gasteiger charge is -2.20. The Morgan fingerprint density at radius 1 is 1.41 bits per heavy atom. The monoisotopic (exact) mass is 256 g/mol. The maximum atomic E-state index is 11.7. The van der Waals surface area contributed by atoms with Gasteiger partial charge in [-0.1, -0.05) is 13.8 Å². The molecule has 0 aliphatic rings. The van der Waals surface area contributed by atoms with Crippen LogP contribution in [-0.4, -0.2) is 37.9 Å². The van der Waals surface area contributed by atoms with Crippen molar-refractivity contribution in [1.82, 2.24) is 5.32 Å². The lowest BCUT2D eigenvalue weighted by atomic mass is 10.0. The number of halogens is 3. The van der Waals surface area contributed by atoms with Gasteiger partial charge in [-0.15, -0.1) is 0 Å². The van der Waals surface area contributed by atoms with E-state index in [2.05, 4.69) is 10.1 Å². The third-order valence-corrected chi connectivity index (χ3v) is 2.14. The third-order valence-electron chi connectivity index (χ3n) is 2.14. The van der Waals surface area contributed by atoms with Crippen molar-refractivity contribution in [2.45, 2.75) is 32.5 Å². The standard InChI is InChI=1S/C10H19F3N2O2/c1-7(2)8(5-14)15-9(16)3-4-17-6-10(11,12)13/h7-8H,3-6,14H2,1-2H3,(H,15,16). The van der Waals surface area contributed by atoms with Crippen LogP contribution in [0.4, 0.5) is 13.2 Å². The predicted molar refractivity (Wildman–Crippen MR) is 57.3 cm³/mol. The van der Waals surface area contributed by atoms with Crippen LogP contribution in [0.3, 0.4) is 0 Å². The van der Waals surface area contributed by atoms with Gasteiger partial charge >= 0.3 is 6.18 Å². The molecular formula is C10H19F3N2O2. The van der Waals surface area contributed by atoms with Crippen molar-refractivity contribution in [3.8, 4) is 0 Å². The van der Waals surface area contributed by atoms with Crippen molar-refractivity contribution < 1.29 is 22.7 Å². The number of hydrogen-bond donors (Lipinski definition) is 2. The van der Waals surface area contributed by atoms with Gasteiger partial charge in [-0.3, -0.25) is 4.79 Å². The molecule has 0 radical (unpaired) electrons. The normalized spacial score (nSPS) is 13.8. The van der Waals surface area contributed by atoms with Gasteiger partial charge in [0.1, 0.15) is 6.61 Å². The van der Waals surface area contributed by atoms with Gasteiger partial charge in [-0.2, -0.15) is 13.2 Å². The largest absolute Gasteiger partial charge is 0.411 e. The molecule has 1 atom stereocenters. The number of ether oxygens (including phenoxy) is 1. The highest BCUT2D eigenvalue weighted by Gasteiger charge is 2.27. The fourth-order valence-electron chi connectivity index (χ4n) is 1.13. The lowest BCUT2D eigenvalue weighted by molar-refractivity contribution is -0.174. The van der Waals surface area contributed by atoms with Crippen LogP contribution in [-0.2, 0) is 9.53 Å². The van der Waals surface area contributed by atoms with E-state index in [1.807, 2.05) is 13.8 Å². The van der Waals surface area contributed by atoms with Gasteiger partial charge in [0, 0.05) is 19.0 Å². The summed E-state index contributed by atoms with van der Waals surface area (Å²) in [5.74, 6) is -0.170. The summed E-state index contributed by atoms with van der Waals surface area (Å²) >= 11 is 0. The van der Waals surface area contributed by atoms with Crippen molar-refractivity contribution in [1.29, 1.82) is 0 Å². The average molecular weight is 256 g/mol. The van der Waals surface area contributed by atoms with Gasteiger partial charge in [-0.05, 0) is 5.92 Å². The predicted octanol–water partition coefficient (Wildman–Crippen LogP) is 1.05. The molecule has 4 nitrogen and oxygen atoms in total. The summed E-state index contributed by atoms with van der Waals surface area (Å²) in [6.45, 7) is 2.52. The molecule has 0 aliphatic carbocycles. The molecule has 0 aliphatic heterocycles. The highest BCUT2D eigenvalue weighted by Crippen LogP contribution is 2.14. The summed E-state index contributed by atoms with van der Waals surface area (Å²) in [6.07, 6.45) is -4.45. The summed E-state index contributed by atoms with van der Waals surface area (Å²) in [7, 11) is 0. The minimum Gasteiger partial charge on any atom is -0.372 e. The van der Waals surface area contributed by atoms with Crippen molar-refractivity contribution in [3.05, 3.63) is 0 Å². The smallest absolute Gasteiger partial charge is 0.372 e. The summed E-state index contributed by atoms with van der Waals surface area (Å²) in [6, 6.07) is -0.162. The molecule has 0 saturated carbocycles. The molecule has 0 aromatic carbocycles. The molecule has 0 rings (SSSR count). The first-order valence-electron chi connectivity index (χ1n) is 5.40. The zero-order chi connectivity index (χ0) is 13.5. The Kier molecular flexibility index (Phi) is 7.13. The number of alkyl halides is 3. The fraction of sp³-hybridized carbons (Fsp3) is 0.900. The molecule has 3 N–H and O–H groups in total. The van der Waals surface area contributed by atoms with E-state index in [9.17, 15) is 18.0 Å². The van der Waals surface area contributed by atoms with Crippen molar-refractivity contribution in [2.24, 2.45) is 11.7 Å². The Morgan fingerprint density at radius 3 is 2.41 bits per heavy atom. The van der Waals surface area contributed by atoms with Crippen LogP contribution < -0.4 is 11.1 Å². The van der Waals surface area contributed by atoms with E-state index in [4.69, 9.17) is 5.73 Å². The first-order valence-corrected chi connectivity index (χ1v) is 5.40. The number of nitrogens with two attached hydrogens (primary N) is 1. The second kappa shape index (κ2) is 7.50. The number of nitrogens with one attached hydrogen (secondary N) is 1. The van der Waals surface area contributed by atoms with E-state index in [-0.39, 0.29) is 30.9 Å². The van der Waals surface area contributed by atoms with Crippen LogP contribution in [0.1, 0.15) is 20.3 Å². The van der Waals surface area contributed by atoms with Gasteiger partial charge in [0.15, 0.2) is 0 Å². The molecule has 17 heavy (non-hydrogen) atoms. The zero-order valence-electron chi connectivity index (χ0n) is 10.0. The van der Waals surface area contributed by atoms with E-state index in [0.717, 1.165) is 0 Å². The van der Waals surface area contributed by atoms with Crippen molar-refractivity contribution in [2.75, 3.05) is 19.8 Å².